The zero-order valence-corrected chi connectivity index (χ0v) is 6.50. The summed E-state index contributed by atoms with van der Waals surface area (Å²) in [4.78, 5) is 0. The third-order valence-electron chi connectivity index (χ3n) is 2.19. The second kappa shape index (κ2) is 2.24. The molecule has 2 nitrogen and oxygen atoms in total. The van der Waals surface area contributed by atoms with Gasteiger partial charge in [-0.2, -0.15) is 0 Å². The quantitative estimate of drug-likeness (QED) is 0.652. The molecule has 2 rings (SSSR count). The number of nitrogens with two attached hydrogens (primary N) is 1. The molecule has 1 aromatic rings. The van der Waals surface area contributed by atoms with Crippen molar-refractivity contribution in [1.82, 2.24) is 0 Å². The van der Waals surface area contributed by atoms with Gasteiger partial charge in [-0.3, -0.25) is 0 Å². The van der Waals surface area contributed by atoms with Crippen molar-refractivity contribution in [3.63, 3.8) is 0 Å². The molecule has 0 heterocycles. The van der Waals surface area contributed by atoms with Crippen molar-refractivity contribution >= 4 is 0 Å². The van der Waals surface area contributed by atoms with E-state index >= 15 is 0 Å². The van der Waals surface area contributed by atoms with Crippen LogP contribution in [0.1, 0.15) is 17.2 Å². The van der Waals surface area contributed by atoms with Crippen LogP contribution in [-0.2, 0) is 6.42 Å². The molecule has 0 aliphatic heterocycles. The Kier molecular flexibility index (Phi) is 1.36. The Morgan fingerprint density at radius 1 is 1.55 bits per heavy atom. The first-order valence-corrected chi connectivity index (χ1v) is 3.73. The van der Waals surface area contributed by atoms with E-state index in [4.69, 9.17) is 10.5 Å². The number of rotatable bonds is 1. The molecule has 0 radical (unpaired) electrons. The van der Waals surface area contributed by atoms with Gasteiger partial charge in [-0.1, -0.05) is 6.07 Å². The van der Waals surface area contributed by atoms with Gasteiger partial charge in [0, 0.05) is 6.04 Å². The zero-order valence-electron chi connectivity index (χ0n) is 6.50. The highest BCUT2D eigenvalue weighted by Crippen LogP contribution is 2.33. The first-order valence-electron chi connectivity index (χ1n) is 3.73. The average Bonchev–Trinajstić information content (AvgIpc) is 2.03. The minimum absolute atomic E-state index is 0.236. The Bertz CT molecular complexity index is 283. The van der Waals surface area contributed by atoms with E-state index in [-0.39, 0.29) is 6.04 Å². The van der Waals surface area contributed by atoms with Crippen LogP contribution in [0, 0.1) is 0 Å². The predicted molar refractivity (Wildman–Crippen MR) is 43.6 cm³/mol. The topological polar surface area (TPSA) is 35.2 Å². The Morgan fingerprint density at radius 3 is 3.00 bits per heavy atom. The Balaban J connectivity index is 2.40. The van der Waals surface area contributed by atoms with Crippen LogP contribution in [0.25, 0.3) is 0 Å². The molecule has 0 aromatic heterocycles. The zero-order chi connectivity index (χ0) is 7.84. The highest BCUT2D eigenvalue weighted by atomic mass is 16.5. The molecule has 1 atom stereocenters. The minimum atomic E-state index is 0.236. The van der Waals surface area contributed by atoms with Crippen molar-refractivity contribution in [1.29, 1.82) is 0 Å². The first-order chi connectivity index (χ1) is 5.31. The van der Waals surface area contributed by atoms with Crippen molar-refractivity contribution in [3.8, 4) is 5.75 Å². The fraction of sp³-hybridized carbons (Fsp3) is 0.333. The van der Waals surface area contributed by atoms with E-state index in [0.717, 1.165) is 12.2 Å². The standard InChI is InChI=1S/C9H11NO/c1-11-7-3-2-6-4-9(10)8(6)5-7/h2-3,5,9H,4,10H2,1H3. The lowest BCUT2D eigenvalue weighted by Gasteiger charge is -2.26. The first kappa shape index (κ1) is 6.68. The van der Waals surface area contributed by atoms with Gasteiger partial charge in [0.25, 0.3) is 0 Å². The van der Waals surface area contributed by atoms with Crippen molar-refractivity contribution in [2.45, 2.75) is 12.5 Å². The van der Waals surface area contributed by atoms with Crippen LogP contribution < -0.4 is 10.5 Å². The largest absolute Gasteiger partial charge is 0.497 e. The van der Waals surface area contributed by atoms with Crippen LogP contribution >= 0.6 is 0 Å². The van der Waals surface area contributed by atoms with E-state index in [2.05, 4.69) is 6.07 Å². The average molecular weight is 149 g/mol. The molecule has 1 aromatic carbocycles. The van der Waals surface area contributed by atoms with Crippen LogP contribution in [0.5, 0.6) is 5.75 Å². The van der Waals surface area contributed by atoms with Gasteiger partial charge in [0.1, 0.15) is 5.75 Å². The number of benzene rings is 1. The van der Waals surface area contributed by atoms with E-state index in [1.165, 1.54) is 11.1 Å². The molecular formula is C9H11NO. The number of ether oxygens (including phenoxy) is 1. The molecular weight excluding hydrogens is 138 g/mol. The van der Waals surface area contributed by atoms with Crippen LogP contribution in [0.2, 0.25) is 0 Å². The molecule has 1 unspecified atom stereocenters. The fourth-order valence-electron chi connectivity index (χ4n) is 1.45. The van der Waals surface area contributed by atoms with E-state index in [9.17, 15) is 0 Å². The lowest BCUT2D eigenvalue weighted by Crippen LogP contribution is -2.24. The maximum Gasteiger partial charge on any atom is 0.119 e. The van der Waals surface area contributed by atoms with E-state index in [1.54, 1.807) is 7.11 Å². The number of hydrogen-bond donors (Lipinski definition) is 1. The molecule has 0 amide bonds. The molecule has 1 aliphatic rings. The number of hydrogen-bond acceptors (Lipinski definition) is 2. The third-order valence-corrected chi connectivity index (χ3v) is 2.19. The van der Waals surface area contributed by atoms with Crippen molar-refractivity contribution < 1.29 is 4.74 Å². The lowest BCUT2D eigenvalue weighted by molar-refractivity contribution is 0.412. The smallest absolute Gasteiger partial charge is 0.119 e. The number of fused-ring (bicyclic) bond motifs is 1. The summed E-state index contributed by atoms with van der Waals surface area (Å²) >= 11 is 0. The van der Waals surface area contributed by atoms with Gasteiger partial charge >= 0.3 is 0 Å². The Hall–Kier alpha value is -1.02. The van der Waals surface area contributed by atoms with Crippen LogP contribution in [0.15, 0.2) is 18.2 Å². The summed E-state index contributed by atoms with van der Waals surface area (Å²) < 4.78 is 5.08. The Morgan fingerprint density at radius 2 is 2.36 bits per heavy atom. The Labute approximate surface area is 66.0 Å². The maximum absolute atomic E-state index is 5.76. The van der Waals surface area contributed by atoms with Crippen LogP contribution in [0.4, 0.5) is 0 Å². The summed E-state index contributed by atoms with van der Waals surface area (Å²) in [5.74, 6) is 0.902. The van der Waals surface area contributed by atoms with Crippen molar-refractivity contribution in [3.05, 3.63) is 29.3 Å². The normalized spacial score (nSPS) is 20.4. The van der Waals surface area contributed by atoms with Gasteiger partial charge in [0.15, 0.2) is 0 Å². The molecule has 2 N–H and O–H groups in total. The third kappa shape index (κ3) is 0.906. The molecule has 1 aliphatic carbocycles. The SMILES string of the molecule is COc1ccc2c(c1)C(N)C2. The molecule has 2 heteroatoms. The van der Waals surface area contributed by atoms with Gasteiger partial charge in [-0.05, 0) is 29.7 Å². The van der Waals surface area contributed by atoms with E-state index < -0.39 is 0 Å². The summed E-state index contributed by atoms with van der Waals surface area (Å²) in [5, 5.41) is 0. The van der Waals surface area contributed by atoms with Crippen molar-refractivity contribution in [2.75, 3.05) is 7.11 Å². The van der Waals surface area contributed by atoms with Gasteiger partial charge in [0.05, 0.1) is 7.11 Å². The van der Waals surface area contributed by atoms with Gasteiger partial charge in [-0.25, -0.2) is 0 Å². The highest BCUT2D eigenvalue weighted by Gasteiger charge is 2.22. The maximum atomic E-state index is 5.76. The van der Waals surface area contributed by atoms with Crippen LogP contribution in [-0.4, -0.2) is 7.11 Å². The number of methoxy groups -OCH3 is 1. The molecule has 0 saturated heterocycles. The predicted octanol–water partition coefficient (Wildman–Crippen LogP) is 1.25. The second-order valence-corrected chi connectivity index (χ2v) is 2.88. The summed E-state index contributed by atoms with van der Waals surface area (Å²) in [5.41, 5.74) is 8.36. The van der Waals surface area contributed by atoms with Crippen LogP contribution in [0.3, 0.4) is 0 Å². The molecule has 11 heavy (non-hydrogen) atoms. The second-order valence-electron chi connectivity index (χ2n) is 2.88. The molecule has 58 valence electrons. The van der Waals surface area contributed by atoms with E-state index in [1.807, 2.05) is 12.1 Å². The van der Waals surface area contributed by atoms with E-state index in [0.29, 0.717) is 0 Å². The van der Waals surface area contributed by atoms with Gasteiger partial charge in [-0.15, -0.1) is 0 Å². The van der Waals surface area contributed by atoms with Gasteiger partial charge < -0.3 is 10.5 Å². The summed E-state index contributed by atoms with van der Waals surface area (Å²) in [6.07, 6.45) is 1.01. The van der Waals surface area contributed by atoms with Gasteiger partial charge in [0.2, 0.25) is 0 Å². The molecule has 0 saturated carbocycles. The monoisotopic (exact) mass is 149 g/mol. The fourth-order valence-corrected chi connectivity index (χ4v) is 1.45. The summed E-state index contributed by atoms with van der Waals surface area (Å²) in [6, 6.07) is 6.31. The molecule has 0 fully saturated rings. The lowest BCUT2D eigenvalue weighted by atomic mass is 9.84. The molecule has 0 spiro atoms. The minimum Gasteiger partial charge on any atom is -0.497 e. The summed E-state index contributed by atoms with van der Waals surface area (Å²) in [6.45, 7) is 0. The summed E-state index contributed by atoms with van der Waals surface area (Å²) in [7, 11) is 1.67. The van der Waals surface area contributed by atoms with Crippen molar-refractivity contribution in [2.24, 2.45) is 5.73 Å². The highest BCUT2D eigenvalue weighted by molar-refractivity contribution is 5.44. The molecule has 0 bridgehead atoms.